The van der Waals surface area contributed by atoms with Gasteiger partial charge in [-0.2, -0.15) is 0 Å². The molecule has 0 aromatic heterocycles. The van der Waals surface area contributed by atoms with Gasteiger partial charge in [-0.25, -0.2) is 0 Å². The zero-order chi connectivity index (χ0) is 13.7. The second-order valence-electron chi connectivity index (χ2n) is 4.20. The molecule has 0 aliphatic rings. The summed E-state index contributed by atoms with van der Waals surface area (Å²) in [4.78, 5) is 11.9. The molecule has 4 nitrogen and oxygen atoms in total. The Labute approximate surface area is 112 Å². The van der Waals surface area contributed by atoms with Gasteiger partial charge in [0.2, 0.25) is 5.91 Å². The molecular weight excluding hydrogens is 240 g/mol. The summed E-state index contributed by atoms with van der Waals surface area (Å²) in [6.45, 7) is 0. The molecule has 2 rings (SSSR count). The molecule has 0 fully saturated rings. The van der Waals surface area contributed by atoms with Crippen molar-refractivity contribution in [1.29, 1.82) is 0 Å². The minimum Gasteiger partial charge on any atom is -0.497 e. The minimum absolute atomic E-state index is 0.0844. The van der Waals surface area contributed by atoms with Gasteiger partial charge >= 0.3 is 0 Å². The van der Waals surface area contributed by atoms with E-state index in [0.29, 0.717) is 23.5 Å². The number of anilines is 2. The summed E-state index contributed by atoms with van der Waals surface area (Å²) in [6, 6.07) is 14.6. The lowest BCUT2D eigenvalue weighted by Crippen LogP contribution is -2.14. The fourth-order valence-electron chi connectivity index (χ4n) is 1.79. The third-order valence-corrected chi connectivity index (χ3v) is 2.67. The first kappa shape index (κ1) is 13.0. The van der Waals surface area contributed by atoms with Crippen molar-refractivity contribution in [3.05, 3.63) is 54.1 Å². The first-order chi connectivity index (χ1) is 9.17. The van der Waals surface area contributed by atoms with Gasteiger partial charge in [-0.15, -0.1) is 0 Å². The average Bonchev–Trinajstić information content (AvgIpc) is 2.38. The lowest BCUT2D eigenvalue weighted by Gasteiger charge is -2.07. The van der Waals surface area contributed by atoms with Crippen LogP contribution in [0.2, 0.25) is 0 Å². The summed E-state index contributed by atoms with van der Waals surface area (Å²) < 4.78 is 5.10. The number of ether oxygens (including phenoxy) is 1. The summed E-state index contributed by atoms with van der Waals surface area (Å²) in [6.07, 6.45) is 0.294. The standard InChI is InChI=1S/C15H16N2O2/c1-19-14-7-3-6-13(10-14)17-15(18)9-11-4-2-5-12(16)8-11/h2-8,10H,9,16H2,1H3,(H,17,18). The quantitative estimate of drug-likeness (QED) is 0.826. The van der Waals surface area contributed by atoms with Crippen LogP contribution in [0.15, 0.2) is 48.5 Å². The molecule has 2 aromatic rings. The Morgan fingerprint density at radius 3 is 2.74 bits per heavy atom. The molecule has 19 heavy (non-hydrogen) atoms. The van der Waals surface area contributed by atoms with E-state index >= 15 is 0 Å². The van der Waals surface area contributed by atoms with Gasteiger partial charge in [0.05, 0.1) is 13.5 Å². The van der Waals surface area contributed by atoms with E-state index in [1.165, 1.54) is 0 Å². The Morgan fingerprint density at radius 1 is 1.21 bits per heavy atom. The number of nitrogens with one attached hydrogen (secondary N) is 1. The van der Waals surface area contributed by atoms with Gasteiger partial charge in [-0.05, 0) is 29.8 Å². The second-order valence-corrected chi connectivity index (χ2v) is 4.20. The number of nitrogens with two attached hydrogens (primary N) is 1. The molecule has 0 saturated heterocycles. The van der Waals surface area contributed by atoms with Gasteiger partial charge in [0.15, 0.2) is 0 Å². The van der Waals surface area contributed by atoms with Crippen LogP contribution in [-0.4, -0.2) is 13.0 Å². The van der Waals surface area contributed by atoms with E-state index in [-0.39, 0.29) is 5.91 Å². The Morgan fingerprint density at radius 2 is 2.00 bits per heavy atom. The average molecular weight is 256 g/mol. The maximum atomic E-state index is 11.9. The number of carbonyl (C=O) groups is 1. The van der Waals surface area contributed by atoms with Gasteiger partial charge in [-0.1, -0.05) is 18.2 Å². The Balaban J connectivity index is 2.01. The van der Waals surface area contributed by atoms with E-state index in [1.807, 2.05) is 30.3 Å². The molecule has 3 N–H and O–H groups in total. The molecule has 0 heterocycles. The van der Waals surface area contributed by atoms with Crippen molar-refractivity contribution in [3.8, 4) is 5.75 Å². The lowest BCUT2D eigenvalue weighted by atomic mass is 10.1. The monoisotopic (exact) mass is 256 g/mol. The van der Waals surface area contributed by atoms with Crippen LogP contribution in [0.5, 0.6) is 5.75 Å². The van der Waals surface area contributed by atoms with Crippen LogP contribution in [0.1, 0.15) is 5.56 Å². The zero-order valence-electron chi connectivity index (χ0n) is 10.7. The molecule has 2 aromatic carbocycles. The molecule has 0 aliphatic heterocycles. The highest BCUT2D eigenvalue weighted by Crippen LogP contribution is 2.17. The van der Waals surface area contributed by atoms with Crippen molar-refractivity contribution in [2.75, 3.05) is 18.2 Å². The van der Waals surface area contributed by atoms with Gasteiger partial charge < -0.3 is 15.8 Å². The summed E-state index contributed by atoms with van der Waals surface area (Å²) in [5.41, 5.74) is 7.94. The number of rotatable bonds is 4. The largest absolute Gasteiger partial charge is 0.497 e. The number of nitrogen functional groups attached to an aromatic ring is 1. The van der Waals surface area contributed by atoms with Crippen LogP contribution in [0.25, 0.3) is 0 Å². The summed E-state index contributed by atoms with van der Waals surface area (Å²) in [5, 5.41) is 2.82. The van der Waals surface area contributed by atoms with Crippen LogP contribution in [0.3, 0.4) is 0 Å². The van der Waals surface area contributed by atoms with Crippen molar-refractivity contribution in [2.24, 2.45) is 0 Å². The molecule has 0 saturated carbocycles. The number of methoxy groups -OCH3 is 1. The normalized spacial score (nSPS) is 9.95. The smallest absolute Gasteiger partial charge is 0.228 e. The van der Waals surface area contributed by atoms with Crippen molar-refractivity contribution in [2.45, 2.75) is 6.42 Å². The highest BCUT2D eigenvalue weighted by molar-refractivity contribution is 5.92. The van der Waals surface area contributed by atoms with E-state index in [9.17, 15) is 4.79 Å². The maximum Gasteiger partial charge on any atom is 0.228 e. The molecule has 0 radical (unpaired) electrons. The highest BCUT2D eigenvalue weighted by atomic mass is 16.5. The third-order valence-electron chi connectivity index (χ3n) is 2.67. The Bertz CT molecular complexity index is 582. The highest BCUT2D eigenvalue weighted by Gasteiger charge is 2.05. The van der Waals surface area contributed by atoms with E-state index in [1.54, 1.807) is 25.3 Å². The maximum absolute atomic E-state index is 11.9. The van der Waals surface area contributed by atoms with Crippen molar-refractivity contribution >= 4 is 17.3 Å². The molecule has 0 unspecified atom stereocenters. The van der Waals surface area contributed by atoms with E-state index < -0.39 is 0 Å². The van der Waals surface area contributed by atoms with Crippen molar-refractivity contribution in [1.82, 2.24) is 0 Å². The molecule has 0 atom stereocenters. The topological polar surface area (TPSA) is 64.3 Å². The van der Waals surface area contributed by atoms with E-state index in [4.69, 9.17) is 10.5 Å². The van der Waals surface area contributed by atoms with Crippen LogP contribution in [-0.2, 0) is 11.2 Å². The molecule has 0 bridgehead atoms. The van der Waals surface area contributed by atoms with Crippen LogP contribution < -0.4 is 15.8 Å². The first-order valence-electron chi connectivity index (χ1n) is 5.96. The predicted molar refractivity (Wildman–Crippen MR) is 76.2 cm³/mol. The number of amides is 1. The third kappa shape index (κ3) is 3.74. The zero-order valence-corrected chi connectivity index (χ0v) is 10.7. The van der Waals surface area contributed by atoms with Crippen molar-refractivity contribution < 1.29 is 9.53 Å². The minimum atomic E-state index is -0.0844. The second kappa shape index (κ2) is 5.91. The van der Waals surface area contributed by atoms with Crippen LogP contribution in [0.4, 0.5) is 11.4 Å². The summed E-state index contributed by atoms with van der Waals surface area (Å²) in [5.74, 6) is 0.626. The Hall–Kier alpha value is -2.49. The predicted octanol–water partition coefficient (Wildman–Crippen LogP) is 2.46. The van der Waals surface area contributed by atoms with Gasteiger partial charge in [-0.3, -0.25) is 4.79 Å². The molecule has 0 aliphatic carbocycles. The molecule has 4 heteroatoms. The van der Waals surface area contributed by atoms with Gasteiger partial charge in [0.25, 0.3) is 0 Å². The van der Waals surface area contributed by atoms with Gasteiger partial charge in [0.1, 0.15) is 5.75 Å². The van der Waals surface area contributed by atoms with E-state index in [0.717, 1.165) is 5.56 Å². The number of carbonyl (C=O) groups excluding carboxylic acids is 1. The Kier molecular flexibility index (Phi) is 4.03. The first-order valence-corrected chi connectivity index (χ1v) is 5.96. The van der Waals surface area contributed by atoms with Crippen LogP contribution >= 0.6 is 0 Å². The van der Waals surface area contributed by atoms with Crippen molar-refractivity contribution in [3.63, 3.8) is 0 Å². The molecule has 1 amide bonds. The van der Waals surface area contributed by atoms with Gasteiger partial charge in [0, 0.05) is 17.4 Å². The van der Waals surface area contributed by atoms with Crippen LogP contribution in [0, 0.1) is 0 Å². The number of benzene rings is 2. The fourth-order valence-corrected chi connectivity index (χ4v) is 1.79. The summed E-state index contributed by atoms with van der Waals surface area (Å²) >= 11 is 0. The molecule has 98 valence electrons. The number of hydrogen-bond donors (Lipinski definition) is 2. The molecule has 0 spiro atoms. The lowest BCUT2D eigenvalue weighted by molar-refractivity contribution is -0.115. The summed E-state index contributed by atoms with van der Waals surface area (Å²) in [7, 11) is 1.59. The SMILES string of the molecule is COc1cccc(NC(=O)Cc2cccc(N)c2)c1. The molecular formula is C15H16N2O2. The number of hydrogen-bond acceptors (Lipinski definition) is 3. The fraction of sp³-hybridized carbons (Fsp3) is 0.133. The van der Waals surface area contributed by atoms with E-state index in [2.05, 4.69) is 5.32 Å².